The number of nitrogens with one attached hydrogen (secondary N) is 1. The summed E-state index contributed by atoms with van der Waals surface area (Å²) in [4.78, 5) is 29.4. The van der Waals surface area contributed by atoms with E-state index in [9.17, 15) is 9.59 Å². The predicted molar refractivity (Wildman–Crippen MR) is 111 cm³/mol. The molecule has 0 aliphatic heterocycles. The summed E-state index contributed by atoms with van der Waals surface area (Å²) < 4.78 is 0.749. The first-order valence-electron chi connectivity index (χ1n) is 8.66. The minimum absolute atomic E-state index is 0.0268. The zero-order valence-electron chi connectivity index (χ0n) is 14.5. The lowest BCUT2D eigenvalue weighted by atomic mass is 9.80. The zero-order chi connectivity index (χ0) is 18.7. The average Bonchev–Trinajstić information content (AvgIpc) is 2.68. The summed E-state index contributed by atoms with van der Waals surface area (Å²) in [5, 5.41) is 0.809. The van der Waals surface area contributed by atoms with Gasteiger partial charge in [-0.3, -0.25) is 9.59 Å². The number of carbonyl (C=O) groups excluding carboxylic acids is 1. The Morgan fingerprint density at radius 2 is 1.48 bits per heavy atom. The Morgan fingerprint density at radius 3 is 2.22 bits per heavy atom. The van der Waals surface area contributed by atoms with Crippen LogP contribution in [0.1, 0.15) is 21.5 Å². The lowest BCUT2D eigenvalue weighted by molar-refractivity contribution is 0.103. The SMILES string of the molecule is Cc1cc(Br)c2c3c(c(-c4ccccc4)c(=O)[nH]c13)-c1ccccc1C2=O. The highest BCUT2D eigenvalue weighted by Crippen LogP contribution is 2.45. The molecule has 4 heteroatoms. The number of hydrogen-bond acceptors (Lipinski definition) is 2. The molecule has 1 aliphatic rings. The summed E-state index contributed by atoms with van der Waals surface area (Å²) >= 11 is 3.58. The number of carbonyl (C=O) groups is 1. The Bertz CT molecular complexity index is 1320. The van der Waals surface area contributed by atoms with Gasteiger partial charge in [0.2, 0.25) is 0 Å². The van der Waals surface area contributed by atoms with Gasteiger partial charge in [-0.05, 0) is 45.6 Å². The van der Waals surface area contributed by atoms with Gasteiger partial charge in [0.25, 0.3) is 5.56 Å². The molecule has 0 bridgehead atoms. The van der Waals surface area contributed by atoms with Gasteiger partial charge in [0.1, 0.15) is 0 Å². The molecule has 0 unspecified atom stereocenters. The highest BCUT2D eigenvalue weighted by Gasteiger charge is 2.31. The second-order valence-electron chi connectivity index (χ2n) is 6.75. The first-order chi connectivity index (χ1) is 13.1. The molecular weight excluding hydrogens is 402 g/mol. The zero-order valence-corrected chi connectivity index (χ0v) is 16.1. The molecule has 1 N–H and O–H groups in total. The Kier molecular flexibility index (Phi) is 3.46. The number of ketones is 1. The minimum Gasteiger partial charge on any atom is -0.321 e. The van der Waals surface area contributed by atoms with Crippen LogP contribution in [-0.4, -0.2) is 10.8 Å². The van der Waals surface area contributed by atoms with Gasteiger partial charge < -0.3 is 4.98 Å². The highest BCUT2D eigenvalue weighted by atomic mass is 79.9. The molecule has 3 aromatic carbocycles. The maximum absolute atomic E-state index is 13.2. The number of aromatic amines is 1. The summed E-state index contributed by atoms with van der Waals surface area (Å²) in [5.41, 5.74) is 5.80. The number of aryl methyl sites for hydroxylation is 1. The Labute approximate surface area is 163 Å². The van der Waals surface area contributed by atoms with Gasteiger partial charge in [0.15, 0.2) is 5.78 Å². The molecule has 0 fully saturated rings. The Balaban J connectivity index is 2.10. The van der Waals surface area contributed by atoms with Crippen molar-refractivity contribution in [3.63, 3.8) is 0 Å². The van der Waals surface area contributed by atoms with Crippen LogP contribution in [0.25, 0.3) is 33.2 Å². The fourth-order valence-electron chi connectivity index (χ4n) is 4.01. The maximum Gasteiger partial charge on any atom is 0.256 e. The Morgan fingerprint density at radius 1 is 0.815 bits per heavy atom. The second kappa shape index (κ2) is 5.76. The third kappa shape index (κ3) is 2.20. The van der Waals surface area contributed by atoms with Gasteiger partial charge in [-0.1, -0.05) is 54.6 Å². The van der Waals surface area contributed by atoms with Crippen LogP contribution in [0.2, 0.25) is 0 Å². The van der Waals surface area contributed by atoms with Crippen LogP contribution in [0.15, 0.2) is 69.9 Å². The number of H-pyrrole nitrogens is 1. The molecule has 1 aromatic heterocycles. The normalized spacial score (nSPS) is 12.3. The molecule has 5 rings (SSSR count). The number of rotatable bonds is 1. The second-order valence-corrected chi connectivity index (χ2v) is 7.60. The molecule has 0 spiro atoms. The molecular formula is C23H14BrNO2. The molecule has 1 heterocycles. The van der Waals surface area contributed by atoms with Crippen molar-refractivity contribution in [3.8, 4) is 22.3 Å². The van der Waals surface area contributed by atoms with Crippen LogP contribution in [0, 0.1) is 6.92 Å². The van der Waals surface area contributed by atoms with Gasteiger partial charge in [0, 0.05) is 26.5 Å². The van der Waals surface area contributed by atoms with Gasteiger partial charge in [0.05, 0.1) is 11.1 Å². The predicted octanol–water partition coefficient (Wildman–Crippen LogP) is 5.48. The molecule has 3 nitrogen and oxygen atoms in total. The summed E-state index contributed by atoms with van der Waals surface area (Å²) in [7, 11) is 0. The molecule has 0 radical (unpaired) electrons. The van der Waals surface area contributed by atoms with Crippen LogP contribution in [0.4, 0.5) is 0 Å². The number of halogens is 1. The molecule has 1 aliphatic carbocycles. The fourth-order valence-corrected chi connectivity index (χ4v) is 4.73. The third-order valence-corrected chi connectivity index (χ3v) is 5.80. The molecule has 0 atom stereocenters. The minimum atomic E-state index is -0.149. The van der Waals surface area contributed by atoms with E-state index in [0.717, 1.165) is 37.6 Å². The lowest BCUT2D eigenvalue weighted by Gasteiger charge is -2.24. The van der Waals surface area contributed by atoms with E-state index in [2.05, 4.69) is 20.9 Å². The van der Waals surface area contributed by atoms with Gasteiger partial charge in [-0.15, -0.1) is 0 Å². The summed E-state index contributed by atoms with van der Waals surface area (Å²) in [5.74, 6) is -0.0268. The van der Waals surface area contributed by atoms with E-state index in [1.807, 2.05) is 67.6 Å². The Hall–Kier alpha value is -2.98. The number of hydrogen-bond donors (Lipinski definition) is 1. The average molecular weight is 416 g/mol. The van der Waals surface area contributed by atoms with E-state index < -0.39 is 0 Å². The van der Waals surface area contributed by atoms with Gasteiger partial charge >= 0.3 is 0 Å². The number of fused-ring (bicyclic) bond motifs is 2. The van der Waals surface area contributed by atoms with Gasteiger partial charge in [-0.2, -0.15) is 0 Å². The van der Waals surface area contributed by atoms with Crippen LogP contribution in [0.3, 0.4) is 0 Å². The lowest BCUT2D eigenvalue weighted by Crippen LogP contribution is -2.18. The maximum atomic E-state index is 13.2. The highest BCUT2D eigenvalue weighted by molar-refractivity contribution is 9.10. The van der Waals surface area contributed by atoms with Crippen molar-refractivity contribution < 1.29 is 4.79 Å². The smallest absolute Gasteiger partial charge is 0.256 e. The number of aromatic nitrogens is 1. The van der Waals surface area contributed by atoms with Gasteiger partial charge in [-0.25, -0.2) is 0 Å². The van der Waals surface area contributed by atoms with Crippen molar-refractivity contribution in [2.75, 3.05) is 0 Å². The largest absolute Gasteiger partial charge is 0.321 e. The molecule has 130 valence electrons. The third-order valence-electron chi connectivity index (χ3n) is 5.17. The van der Waals surface area contributed by atoms with Crippen molar-refractivity contribution in [1.82, 2.24) is 4.98 Å². The van der Waals surface area contributed by atoms with Crippen LogP contribution in [-0.2, 0) is 0 Å². The molecule has 27 heavy (non-hydrogen) atoms. The van der Waals surface area contributed by atoms with Crippen molar-refractivity contribution in [3.05, 3.63) is 92.2 Å². The molecule has 0 saturated carbocycles. The van der Waals surface area contributed by atoms with Crippen LogP contribution in [0.5, 0.6) is 0 Å². The molecule has 0 saturated heterocycles. The van der Waals surface area contributed by atoms with E-state index in [-0.39, 0.29) is 11.3 Å². The summed E-state index contributed by atoms with van der Waals surface area (Å²) in [6, 6.07) is 19.0. The monoisotopic (exact) mass is 415 g/mol. The molecule has 0 amide bonds. The summed E-state index contributed by atoms with van der Waals surface area (Å²) in [6.07, 6.45) is 0. The van der Waals surface area contributed by atoms with E-state index in [1.54, 1.807) is 0 Å². The fraction of sp³-hybridized carbons (Fsp3) is 0.0435. The van der Waals surface area contributed by atoms with Crippen molar-refractivity contribution in [2.45, 2.75) is 6.92 Å². The van der Waals surface area contributed by atoms with Crippen molar-refractivity contribution in [1.29, 1.82) is 0 Å². The topological polar surface area (TPSA) is 49.9 Å². The number of benzene rings is 3. The van der Waals surface area contributed by atoms with Crippen molar-refractivity contribution >= 4 is 32.6 Å². The van der Waals surface area contributed by atoms with E-state index in [1.165, 1.54) is 0 Å². The van der Waals surface area contributed by atoms with E-state index in [4.69, 9.17) is 0 Å². The first kappa shape index (κ1) is 16.2. The number of pyridine rings is 1. The van der Waals surface area contributed by atoms with Crippen LogP contribution < -0.4 is 5.56 Å². The summed E-state index contributed by atoms with van der Waals surface area (Å²) in [6.45, 7) is 1.94. The standard InChI is InChI=1S/C23H14BrNO2/c1-12-11-16(24)19-20-18(14-9-5-6-10-15(14)22(19)26)17(23(27)25-21(12)20)13-7-3-2-4-8-13/h2-11H,1H3,(H,25,27). The van der Waals surface area contributed by atoms with Crippen molar-refractivity contribution in [2.24, 2.45) is 0 Å². The van der Waals surface area contributed by atoms with E-state index in [0.29, 0.717) is 16.7 Å². The quantitative estimate of drug-likeness (QED) is 0.394. The van der Waals surface area contributed by atoms with Crippen LogP contribution >= 0.6 is 15.9 Å². The first-order valence-corrected chi connectivity index (χ1v) is 9.46. The molecule has 4 aromatic rings. The van der Waals surface area contributed by atoms with E-state index >= 15 is 0 Å².